The zero-order chi connectivity index (χ0) is 59.7. The van der Waals surface area contributed by atoms with Gasteiger partial charge in [-0.15, -0.1) is 0 Å². The van der Waals surface area contributed by atoms with E-state index < -0.39 is 39.2 Å². The summed E-state index contributed by atoms with van der Waals surface area (Å²) >= 11 is 0. The van der Waals surface area contributed by atoms with Gasteiger partial charge in [0.1, 0.15) is 28.3 Å². The van der Waals surface area contributed by atoms with E-state index in [0.717, 1.165) is 92.8 Å². The van der Waals surface area contributed by atoms with Crippen molar-refractivity contribution in [2.24, 2.45) is 0 Å². The van der Waals surface area contributed by atoms with E-state index in [4.69, 9.17) is 18.5 Å². The molecule has 0 amide bonds. The van der Waals surface area contributed by atoms with Crippen molar-refractivity contribution < 1.29 is 53.3 Å². The molecule has 85 heavy (non-hydrogen) atoms. The third kappa shape index (κ3) is 11.0. The molecule has 446 valence electrons. The van der Waals surface area contributed by atoms with Crippen molar-refractivity contribution in [2.75, 3.05) is 51.0 Å². The summed E-state index contributed by atoms with van der Waals surface area (Å²) < 4.78 is 136. The number of H-pyrrole nitrogens is 1. The van der Waals surface area contributed by atoms with Crippen LogP contribution in [0.3, 0.4) is 0 Å². The topological polar surface area (TPSA) is 233 Å². The predicted molar refractivity (Wildman–Crippen MR) is 302 cm³/mol. The van der Waals surface area contributed by atoms with Crippen molar-refractivity contribution in [3.63, 3.8) is 0 Å². The highest BCUT2D eigenvalue weighted by molar-refractivity contribution is 7.90. The standard InChI is InChI=1S/C32H32F3N7O4S.C26H28F3N7O2/c1-18-28(19(2)46-40-18)26-13-12-22-23(17-42(30(22)37-26)47(43,44)21-8-5-4-6-9-21)29-24(32(33,34)35)14-36-31(39-29)38-25-10-7-11-27(25)41-15-20(16-41)45-3;1-13-22(14(2)38-35-13)20-8-7-16-17(9-30-24(16)32-20)23-18(26(27,28)29)10-31-25(34-23)33-19-5-4-6-21(19)36-11-15(12-36)37-3/h4-6,8-9,12-14,17,20,25,27H,7,10-11,15-16H2,1-3H3,(H,36,38,39);7-10,15,19,21H,4-6,11-12H2,1-3H3,(H,30,32)(H,31,33,34)/t25-,27+;19-,21+/m00/s1. The lowest BCUT2D eigenvalue weighted by Gasteiger charge is -2.44. The number of halogens is 6. The van der Waals surface area contributed by atoms with E-state index in [1.165, 1.54) is 18.3 Å². The van der Waals surface area contributed by atoms with Gasteiger partial charge < -0.3 is 34.1 Å². The van der Waals surface area contributed by atoms with Gasteiger partial charge in [-0.05, 0) is 103 Å². The van der Waals surface area contributed by atoms with Crippen molar-refractivity contribution in [3.05, 3.63) is 113 Å². The zero-order valence-corrected chi connectivity index (χ0v) is 47.9. The van der Waals surface area contributed by atoms with Crippen molar-refractivity contribution in [3.8, 4) is 45.0 Å². The van der Waals surface area contributed by atoms with Gasteiger partial charge in [0, 0.05) is 111 Å². The molecule has 2 saturated carbocycles. The Morgan fingerprint density at radius 3 is 1.60 bits per heavy atom. The average molecular weight is 1200 g/mol. The number of anilines is 2. The first kappa shape index (κ1) is 57.6. The van der Waals surface area contributed by atoms with Crippen molar-refractivity contribution in [1.29, 1.82) is 0 Å². The van der Waals surface area contributed by atoms with Gasteiger partial charge in [-0.1, -0.05) is 28.5 Å². The summed E-state index contributed by atoms with van der Waals surface area (Å²) in [5.41, 5.74) is 1.53. The maximum atomic E-state index is 14.5. The number of methoxy groups -OCH3 is 2. The smallest absolute Gasteiger partial charge is 0.379 e. The van der Waals surface area contributed by atoms with Gasteiger partial charge in [-0.25, -0.2) is 42.3 Å². The first-order valence-electron chi connectivity index (χ1n) is 27.8. The van der Waals surface area contributed by atoms with E-state index >= 15 is 0 Å². The van der Waals surface area contributed by atoms with Crippen LogP contribution in [0.5, 0.6) is 0 Å². The van der Waals surface area contributed by atoms with Crippen LogP contribution in [0.2, 0.25) is 0 Å². The second kappa shape index (κ2) is 22.5. The fraction of sp³-hybridized carbons (Fsp3) is 0.414. The maximum absolute atomic E-state index is 14.5. The highest BCUT2D eigenvalue weighted by Gasteiger charge is 2.43. The molecule has 0 bridgehead atoms. The normalized spacial score (nSPS) is 20.0. The number of nitrogens with zero attached hydrogens (tertiary/aromatic N) is 11. The lowest BCUT2D eigenvalue weighted by molar-refractivity contribution is -0.138. The molecule has 9 aromatic rings. The summed E-state index contributed by atoms with van der Waals surface area (Å²) in [6.07, 6.45) is 0.887. The number of aromatic nitrogens is 10. The lowest BCUT2D eigenvalue weighted by atomic mass is 10.0. The van der Waals surface area contributed by atoms with Crippen LogP contribution in [-0.2, 0) is 31.8 Å². The lowest BCUT2D eigenvalue weighted by Crippen LogP contribution is -2.59. The molecule has 0 unspecified atom stereocenters. The molecular weight excluding hydrogens is 1130 g/mol. The Labute approximate surface area is 483 Å². The van der Waals surface area contributed by atoms with Crippen LogP contribution in [0, 0.1) is 27.7 Å². The van der Waals surface area contributed by atoms with Crippen LogP contribution >= 0.6 is 0 Å². The SMILES string of the molecule is COC1CN([C@@H]2CCC[C@@H]2Nc2ncc(C(F)(F)F)c(-c3c[nH]c4nc(-c5c(C)noc5C)ccc34)n2)C1.COC1CN([C@@H]2CCC[C@@H]2Nc2ncc(C(F)(F)F)c(-c3cn(S(=O)(=O)c4ccccc4)c4nc(-c5c(C)noc5C)ccc34)n2)C1. The molecule has 13 rings (SSSR count). The van der Waals surface area contributed by atoms with Crippen LogP contribution in [0.15, 0.2) is 93.3 Å². The molecule has 4 aliphatic rings. The van der Waals surface area contributed by atoms with E-state index in [1.807, 2.05) is 6.92 Å². The molecule has 10 heterocycles. The Kier molecular flexibility index (Phi) is 15.3. The highest BCUT2D eigenvalue weighted by Crippen LogP contribution is 2.43. The molecule has 27 heteroatoms. The summed E-state index contributed by atoms with van der Waals surface area (Å²) in [5.74, 6) is 1.29. The number of nitrogens with one attached hydrogen (secondary N) is 3. The first-order chi connectivity index (χ1) is 40.7. The van der Waals surface area contributed by atoms with Crippen LogP contribution in [-0.4, -0.2) is 144 Å². The van der Waals surface area contributed by atoms with E-state index in [1.54, 1.807) is 77.5 Å². The van der Waals surface area contributed by atoms with Gasteiger partial charge in [0.05, 0.1) is 62.4 Å². The number of rotatable bonds is 14. The first-order valence-corrected chi connectivity index (χ1v) is 29.3. The van der Waals surface area contributed by atoms with Crippen LogP contribution in [0.1, 0.15) is 72.6 Å². The van der Waals surface area contributed by atoms with Crippen molar-refractivity contribution >= 4 is 44.0 Å². The van der Waals surface area contributed by atoms with Crippen molar-refractivity contribution in [2.45, 2.75) is 120 Å². The number of fused-ring (bicyclic) bond motifs is 2. The van der Waals surface area contributed by atoms with Gasteiger partial charge in [0.2, 0.25) is 11.9 Å². The quantitative estimate of drug-likeness (QED) is 0.0859. The summed E-state index contributed by atoms with van der Waals surface area (Å²) in [6.45, 7) is 10.3. The minimum Gasteiger partial charge on any atom is -0.379 e. The Hall–Kier alpha value is -7.85. The van der Waals surface area contributed by atoms with E-state index in [-0.39, 0.29) is 75.5 Å². The van der Waals surface area contributed by atoms with Gasteiger partial charge in [0.15, 0.2) is 5.65 Å². The van der Waals surface area contributed by atoms with E-state index in [0.29, 0.717) is 56.5 Å². The number of aromatic amines is 1. The minimum absolute atomic E-state index is 0.0285. The molecule has 1 aromatic carbocycles. The second-order valence-electron chi connectivity index (χ2n) is 21.9. The van der Waals surface area contributed by atoms with Gasteiger partial charge in [-0.2, -0.15) is 26.3 Å². The monoisotopic (exact) mass is 1190 g/mol. The predicted octanol–water partition coefficient (Wildman–Crippen LogP) is 10.7. The molecule has 2 saturated heterocycles. The van der Waals surface area contributed by atoms with Gasteiger partial charge in [0.25, 0.3) is 10.0 Å². The third-order valence-electron chi connectivity index (χ3n) is 16.7. The number of alkyl halides is 6. The number of ether oxygens (including phenoxy) is 2. The molecule has 0 radical (unpaired) electrons. The number of hydrogen-bond donors (Lipinski definition) is 3. The summed E-state index contributed by atoms with van der Waals surface area (Å²) in [4.78, 5) is 33.9. The maximum Gasteiger partial charge on any atom is 0.419 e. The summed E-state index contributed by atoms with van der Waals surface area (Å²) in [6, 6.07) is 14.7. The van der Waals surface area contributed by atoms with Crippen molar-refractivity contribution in [1.82, 2.24) is 59.0 Å². The minimum atomic E-state index is -4.83. The molecule has 4 atom stereocenters. The highest BCUT2D eigenvalue weighted by atomic mass is 32.2. The number of benzene rings is 1. The van der Waals surface area contributed by atoms with Gasteiger partial charge in [-0.3, -0.25) is 9.80 Å². The van der Waals surface area contributed by atoms with Crippen LogP contribution in [0.4, 0.5) is 38.2 Å². The van der Waals surface area contributed by atoms with Gasteiger partial charge >= 0.3 is 12.4 Å². The Bertz CT molecular complexity index is 4010. The Balaban J connectivity index is 0.000000171. The molecule has 2 aliphatic heterocycles. The molecule has 8 aromatic heterocycles. The average Bonchev–Trinajstić information content (AvgIpc) is 2.58. The largest absolute Gasteiger partial charge is 0.419 e. The van der Waals surface area contributed by atoms with Crippen LogP contribution in [0.25, 0.3) is 67.1 Å². The molecule has 0 spiro atoms. The fourth-order valence-corrected chi connectivity index (χ4v) is 13.6. The molecule has 20 nitrogen and oxygen atoms in total. The summed E-state index contributed by atoms with van der Waals surface area (Å²) in [5, 5.41) is 15.2. The number of hydrogen-bond acceptors (Lipinski definition) is 18. The van der Waals surface area contributed by atoms with Crippen LogP contribution < -0.4 is 10.6 Å². The molecule has 3 N–H and O–H groups in total. The van der Waals surface area contributed by atoms with E-state index in [2.05, 4.69) is 65.6 Å². The molecule has 4 fully saturated rings. The number of pyridine rings is 2. The fourth-order valence-electron chi connectivity index (χ4n) is 12.3. The Morgan fingerprint density at radius 1 is 0.624 bits per heavy atom. The third-order valence-corrected chi connectivity index (χ3v) is 18.3. The number of likely N-dealkylation sites (tertiary alicyclic amines) is 2. The zero-order valence-electron chi connectivity index (χ0n) is 47.1. The summed E-state index contributed by atoms with van der Waals surface area (Å²) in [7, 11) is -0.907. The second-order valence-corrected chi connectivity index (χ2v) is 23.8. The molecular formula is C58H60F6N14O6S. The Morgan fingerprint density at radius 2 is 1.12 bits per heavy atom. The molecule has 2 aliphatic carbocycles. The number of aryl methyl sites for hydroxylation is 4. The van der Waals surface area contributed by atoms with E-state index in [9.17, 15) is 34.8 Å².